The van der Waals surface area contributed by atoms with Crippen LogP contribution in [0.25, 0.3) is 0 Å². The van der Waals surface area contributed by atoms with Gasteiger partial charge in [-0.1, -0.05) is 12.1 Å². The highest BCUT2D eigenvalue weighted by atomic mass is 16.7. The van der Waals surface area contributed by atoms with Crippen LogP contribution in [0.5, 0.6) is 23.0 Å². The van der Waals surface area contributed by atoms with Crippen LogP contribution in [0, 0.1) is 0 Å². The molecule has 1 heterocycles. The van der Waals surface area contributed by atoms with Gasteiger partial charge in [-0.3, -0.25) is 9.59 Å². The molecule has 0 radical (unpaired) electrons. The highest BCUT2D eigenvalue weighted by Gasteiger charge is 2.45. The van der Waals surface area contributed by atoms with Crippen molar-refractivity contribution in [1.82, 2.24) is 0 Å². The summed E-state index contributed by atoms with van der Waals surface area (Å²) < 4.78 is 26.7. The van der Waals surface area contributed by atoms with E-state index in [-0.39, 0.29) is 28.4 Å². The van der Waals surface area contributed by atoms with E-state index >= 15 is 0 Å². The average molecular weight is 478 g/mol. The molecule has 0 amide bonds. The standard InChI is InChI=1S/C23H26O11/c1-30-13-6-4-5-11(7-13)17(25)18(26)12-8-14(31-2)22(15(9-12)32-3)34-23-21(29)20(28)19(27)16(10-24)33-23/h4-9,16,19-21,23-24,27-29H,10H2,1-3H3/t16-,19-,20+,21-,23+/m1/s1. The Morgan fingerprint density at radius 2 is 1.47 bits per heavy atom. The number of hydrogen-bond donors (Lipinski definition) is 4. The molecule has 0 aliphatic carbocycles. The minimum atomic E-state index is -1.68. The summed E-state index contributed by atoms with van der Waals surface area (Å²) in [6, 6.07) is 8.64. The molecule has 4 N–H and O–H groups in total. The Kier molecular flexibility index (Phi) is 8.07. The Hall–Kier alpha value is -3.22. The van der Waals surface area contributed by atoms with Crippen LogP contribution >= 0.6 is 0 Å². The molecule has 0 bridgehead atoms. The molecule has 0 spiro atoms. The summed E-state index contributed by atoms with van der Waals surface area (Å²) in [5.74, 6) is -1.37. The number of methoxy groups -OCH3 is 3. The van der Waals surface area contributed by atoms with Crippen LogP contribution in [0.4, 0.5) is 0 Å². The maximum absolute atomic E-state index is 12.9. The summed E-state index contributed by atoms with van der Waals surface area (Å²) in [4.78, 5) is 25.6. The maximum atomic E-state index is 12.9. The van der Waals surface area contributed by atoms with Gasteiger partial charge in [0.25, 0.3) is 0 Å². The minimum Gasteiger partial charge on any atom is -0.497 e. The largest absolute Gasteiger partial charge is 0.497 e. The van der Waals surface area contributed by atoms with Crippen molar-refractivity contribution < 1.29 is 53.7 Å². The van der Waals surface area contributed by atoms with Crippen molar-refractivity contribution in [3.8, 4) is 23.0 Å². The number of ketones is 2. The average Bonchev–Trinajstić information content (AvgIpc) is 2.87. The monoisotopic (exact) mass is 478 g/mol. The summed E-state index contributed by atoms with van der Waals surface area (Å²) in [5, 5.41) is 39.6. The molecule has 1 aliphatic rings. The number of ether oxygens (including phenoxy) is 5. The van der Waals surface area contributed by atoms with Crippen molar-refractivity contribution >= 4 is 11.6 Å². The summed E-state index contributed by atoms with van der Waals surface area (Å²) in [7, 11) is 4.01. The van der Waals surface area contributed by atoms with E-state index in [1.807, 2.05) is 0 Å². The van der Waals surface area contributed by atoms with Crippen molar-refractivity contribution in [3.63, 3.8) is 0 Å². The molecule has 3 rings (SSSR count). The van der Waals surface area contributed by atoms with E-state index in [2.05, 4.69) is 0 Å². The third kappa shape index (κ3) is 4.98. The smallest absolute Gasteiger partial charge is 0.233 e. The molecule has 0 aromatic heterocycles. The zero-order chi connectivity index (χ0) is 25.0. The van der Waals surface area contributed by atoms with Gasteiger partial charge in [0.1, 0.15) is 30.2 Å². The fourth-order valence-corrected chi connectivity index (χ4v) is 3.43. The predicted octanol–water partition coefficient (Wildman–Crippen LogP) is -0.0433. The predicted molar refractivity (Wildman–Crippen MR) is 116 cm³/mol. The summed E-state index contributed by atoms with van der Waals surface area (Å²) in [6.45, 7) is -0.640. The van der Waals surface area contributed by atoms with Gasteiger partial charge in [-0.15, -0.1) is 0 Å². The number of carbonyl (C=O) groups is 2. The lowest BCUT2D eigenvalue weighted by molar-refractivity contribution is -0.277. The molecule has 1 saturated heterocycles. The Morgan fingerprint density at radius 3 is 2.03 bits per heavy atom. The molecule has 34 heavy (non-hydrogen) atoms. The van der Waals surface area contributed by atoms with E-state index in [1.54, 1.807) is 12.1 Å². The van der Waals surface area contributed by atoms with Crippen molar-refractivity contribution in [1.29, 1.82) is 0 Å². The number of benzene rings is 2. The summed E-state index contributed by atoms with van der Waals surface area (Å²) >= 11 is 0. The molecule has 5 atom stereocenters. The molecular formula is C23H26O11. The molecule has 11 nitrogen and oxygen atoms in total. The molecule has 0 unspecified atom stereocenters. The van der Waals surface area contributed by atoms with E-state index in [1.165, 1.54) is 45.6 Å². The molecule has 2 aromatic carbocycles. The van der Waals surface area contributed by atoms with Crippen LogP contribution < -0.4 is 18.9 Å². The fraction of sp³-hybridized carbons (Fsp3) is 0.391. The zero-order valence-electron chi connectivity index (χ0n) is 18.7. The SMILES string of the molecule is COc1cccc(C(=O)C(=O)c2cc(OC)c(O[C@@H]3O[C@H](CO)[C@@H](O)[C@H](O)[C@H]3O)c(OC)c2)c1. The molecule has 2 aromatic rings. The van der Waals surface area contributed by atoms with Gasteiger partial charge in [0.05, 0.1) is 27.9 Å². The van der Waals surface area contributed by atoms with Crippen LogP contribution in [0.2, 0.25) is 0 Å². The van der Waals surface area contributed by atoms with Crippen LogP contribution in [0.15, 0.2) is 36.4 Å². The van der Waals surface area contributed by atoms with E-state index in [4.69, 9.17) is 23.7 Å². The number of aliphatic hydroxyl groups excluding tert-OH is 4. The van der Waals surface area contributed by atoms with Gasteiger partial charge in [0.15, 0.2) is 11.5 Å². The van der Waals surface area contributed by atoms with Gasteiger partial charge in [-0.2, -0.15) is 0 Å². The minimum absolute atomic E-state index is 0.0295. The van der Waals surface area contributed by atoms with Crippen LogP contribution in [-0.4, -0.2) is 90.6 Å². The number of aliphatic hydroxyl groups is 4. The van der Waals surface area contributed by atoms with E-state index < -0.39 is 48.9 Å². The van der Waals surface area contributed by atoms with E-state index in [0.717, 1.165) is 0 Å². The van der Waals surface area contributed by atoms with E-state index in [0.29, 0.717) is 5.75 Å². The second-order valence-corrected chi connectivity index (χ2v) is 7.42. The number of hydrogen-bond acceptors (Lipinski definition) is 11. The molecule has 11 heteroatoms. The Labute approximate surface area is 195 Å². The first-order valence-corrected chi connectivity index (χ1v) is 10.2. The second kappa shape index (κ2) is 10.8. The third-order valence-corrected chi connectivity index (χ3v) is 5.34. The van der Waals surface area contributed by atoms with Crippen molar-refractivity contribution in [3.05, 3.63) is 47.5 Å². The highest BCUT2D eigenvalue weighted by Crippen LogP contribution is 2.41. The first-order valence-electron chi connectivity index (χ1n) is 10.2. The number of carbonyl (C=O) groups excluding carboxylic acids is 2. The van der Waals surface area contributed by atoms with Crippen molar-refractivity contribution in [2.75, 3.05) is 27.9 Å². The van der Waals surface area contributed by atoms with Crippen molar-refractivity contribution in [2.24, 2.45) is 0 Å². The highest BCUT2D eigenvalue weighted by molar-refractivity contribution is 6.49. The lowest BCUT2D eigenvalue weighted by Gasteiger charge is -2.39. The van der Waals surface area contributed by atoms with Crippen LogP contribution in [0.3, 0.4) is 0 Å². The van der Waals surface area contributed by atoms with Gasteiger partial charge in [-0.05, 0) is 24.3 Å². The van der Waals surface area contributed by atoms with Crippen LogP contribution in [-0.2, 0) is 4.74 Å². The fourth-order valence-electron chi connectivity index (χ4n) is 3.43. The maximum Gasteiger partial charge on any atom is 0.233 e. The molecule has 0 saturated carbocycles. The quantitative estimate of drug-likeness (QED) is 0.283. The van der Waals surface area contributed by atoms with Gasteiger partial charge in [-0.25, -0.2) is 0 Å². The van der Waals surface area contributed by atoms with Crippen molar-refractivity contribution in [2.45, 2.75) is 30.7 Å². The molecule has 1 aliphatic heterocycles. The first kappa shape index (κ1) is 25.4. The summed E-state index contributed by atoms with van der Waals surface area (Å²) in [6.07, 6.45) is -7.61. The molecule has 1 fully saturated rings. The lowest BCUT2D eigenvalue weighted by atomic mass is 9.99. The molecule has 184 valence electrons. The Morgan fingerprint density at radius 1 is 0.853 bits per heavy atom. The normalized spacial score (nSPS) is 24.3. The number of Topliss-reactive ketones (excluding diaryl/α,β-unsaturated/α-hetero) is 2. The van der Waals surface area contributed by atoms with Gasteiger partial charge < -0.3 is 44.1 Å². The van der Waals surface area contributed by atoms with Gasteiger partial charge in [0, 0.05) is 11.1 Å². The Bertz CT molecular complexity index is 1010. The Balaban J connectivity index is 1.92. The second-order valence-electron chi connectivity index (χ2n) is 7.42. The topological polar surface area (TPSA) is 161 Å². The molecular weight excluding hydrogens is 452 g/mol. The van der Waals surface area contributed by atoms with E-state index in [9.17, 15) is 30.0 Å². The third-order valence-electron chi connectivity index (χ3n) is 5.34. The first-order chi connectivity index (χ1) is 16.2. The zero-order valence-corrected chi connectivity index (χ0v) is 18.7. The van der Waals surface area contributed by atoms with Crippen LogP contribution in [0.1, 0.15) is 20.7 Å². The lowest BCUT2D eigenvalue weighted by Crippen LogP contribution is -2.60. The summed E-state index contributed by atoms with van der Waals surface area (Å²) in [5.41, 5.74) is 0.0756. The number of rotatable bonds is 9. The van der Waals surface area contributed by atoms with Gasteiger partial charge in [0.2, 0.25) is 23.6 Å². The van der Waals surface area contributed by atoms with Gasteiger partial charge >= 0.3 is 0 Å².